The number of hydrogen-bond acceptors (Lipinski definition) is 4. The van der Waals surface area contributed by atoms with Crippen LogP contribution < -0.4 is 9.64 Å². The van der Waals surface area contributed by atoms with Gasteiger partial charge in [-0.2, -0.15) is 0 Å². The van der Waals surface area contributed by atoms with Crippen LogP contribution in [-0.2, 0) is 4.79 Å². The van der Waals surface area contributed by atoms with E-state index in [0.29, 0.717) is 25.7 Å². The first-order valence-corrected chi connectivity index (χ1v) is 8.37. The molecule has 6 heteroatoms. The first-order chi connectivity index (χ1) is 11.1. The molecule has 116 valence electrons. The van der Waals surface area contributed by atoms with Crippen molar-refractivity contribution in [1.29, 1.82) is 0 Å². The van der Waals surface area contributed by atoms with Gasteiger partial charge in [-0.1, -0.05) is 65.9 Å². The summed E-state index contributed by atoms with van der Waals surface area (Å²) in [7, 11) is 1.60. The van der Waals surface area contributed by atoms with Crippen LogP contribution in [-0.4, -0.2) is 17.3 Å². The van der Waals surface area contributed by atoms with Crippen molar-refractivity contribution < 1.29 is 9.53 Å². The first-order valence-electron chi connectivity index (χ1n) is 6.77. The quantitative estimate of drug-likeness (QED) is 0.582. The van der Waals surface area contributed by atoms with Gasteiger partial charge in [0, 0.05) is 5.56 Å². The summed E-state index contributed by atoms with van der Waals surface area (Å²) in [6.45, 7) is 0. The van der Waals surface area contributed by atoms with Crippen LogP contribution >= 0.6 is 35.6 Å². The fraction of sp³-hybridized carbons (Fsp3) is 0.0588. The SMILES string of the molecule is COc1ccccc1/C=C1/SC(=S)N(c2ccccc2Cl)C1=O. The van der Waals surface area contributed by atoms with Crippen LogP contribution in [0.2, 0.25) is 5.02 Å². The largest absolute Gasteiger partial charge is 0.496 e. The molecule has 1 amide bonds. The number of ether oxygens (including phenoxy) is 1. The number of hydrogen-bond donors (Lipinski definition) is 0. The van der Waals surface area contributed by atoms with Crippen LogP contribution in [0.5, 0.6) is 5.75 Å². The molecule has 0 bridgehead atoms. The van der Waals surface area contributed by atoms with Gasteiger partial charge < -0.3 is 4.74 Å². The van der Waals surface area contributed by atoms with E-state index < -0.39 is 0 Å². The van der Waals surface area contributed by atoms with Crippen molar-refractivity contribution in [1.82, 2.24) is 0 Å². The van der Waals surface area contributed by atoms with Crippen molar-refractivity contribution in [3.8, 4) is 5.75 Å². The number of rotatable bonds is 3. The molecule has 2 aromatic rings. The smallest absolute Gasteiger partial charge is 0.270 e. The van der Waals surface area contributed by atoms with Gasteiger partial charge in [-0.25, -0.2) is 0 Å². The lowest BCUT2D eigenvalue weighted by Gasteiger charge is -2.15. The normalized spacial score (nSPS) is 16.3. The van der Waals surface area contributed by atoms with Crippen molar-refractivity contribution in [3.05, 3.63) is 64.0 Å². The lowest BCUT2D eigenvalue weighted by atomic mass is 10.2. The molecule has 0 spiro atoms. The Morgan fingerprint density at radius 2 is 1.87 bits per heavy atom. The summed E-state index contributed by atoms with van der Waals surface area (Å²) in [5, 5.41) is 0.488. The Kier molecular flexibility index (Phi) is 4.71. The third kappa shape index (κ3) is 3.13. The Morgan fingerprint density at radius 1 is 1.17 bits per heavy atom. The van der Waals surface area contributed by atoms with Crippen LogP contribution in [0.3, 0.4) is 0 Å². The zero-order valence-electron chi connectivity index (χ0n) is 12.2. The predicted octanol–water partition coefficient (Wildman–Crippen LogP) is 4.75. The van der Waals surface area contributed by atoms with Crippen LogP contribution in [0.4, 0.5) is 5.69 Å². The van der Waals surface area contributed by atoms with E-state index in [2.05, 4.69) is 0 Å². The summed E-state index contributed by atoms with van der Waals surface area (Å²) in [5.41, 5.74) is 1.43. The van der Waals surface area contributed by atoms with E-state index in [1.165, 1.54) is 16.7 Å². The molecule has 1 aliphatic rings. The zero-order chi connectivity index (χ0) is 16.4. The van der Waals surface area contributed by atoms with Gasteiger partial charge in [-0.15, -0.1) is 0 Å². The van der Waals surface area contributed by atoms with E-state index in [1.807, 2.05) is 36.4 Å². The monoisotopic (exact) mass is 361 g/mol. The molecule has 0 aliphatic carbocycles. The molecule has 1 fully saturated rings. The summed E-state index contributed by atoms with van der Waals surface area (Å²) in [6.07, 6.45) is 1.79. The summed E-state index contributed by atoms with van der Waals surface area (Å²) in [6, 6.07) is 14.7. The number of thioether (sulfide) groups is 1. The van der Waals surface area contributed by atoms with Gasteiger partial charge in [-0.05, 0) is 24.3 Å². The molecule has 0 atom stereocenters. The van der Waals surface area contributed by atoms with Crippen LogP contribution in [0.1, 0.15) is 5.56 Å². The lowest BCUT2D eigenvalue weighted by molar-refractivity contribution is -0.113. The van der Waals surface area contributed by atoms with Crippen molar-refractivity contribution in [3.63, 3.8) is 0 Å². The van der Waals surface area contributed by atoms with Crippen LogP contribution in [0.15, 0.2) is 53.4 Å². The summed E-state index contributed by atoms with van der Waals surface area (Å²) < 4.78 is 5.78. The molecule has 1 saturated heterocycles. The first kappa shape index (κ1) is 16.1. The number of benzene rings is 2. The molecular weight excluding hydrogens is 350 g/mol. The highest BCUT2D eigenvalue weighted by atomic mass is 35.5. The number of carbonyl (C=O) groups excluding carboxylic acids is 1. The molecule has 3 rings (SSSR count). The van der Waals surface area contributed by atoms with Gasteiger partial charge in [0.05, 0.1) is 22.7 Å². The number of carbonyl (C=O) groups is 1. The van der Waals surface area contributed by atoms with Crippen molar-refractivity contribution in [2.45, 2.75) is 0 Å². The average molecular weight is 362 g/mol. The topological polar surface area (TPSA) is 29.5 Å². The molecule has 0 N–H and O–H groups in total. The third-order valence-corrected chi connectivity index (χ3v) is 4.93. The molecule has 1 heterocycles. The Morgan fingerprint density at radius 3 is 2.61 bits per heavy atom. The van der Waals surface area contributed by atoms with E-state index in [-0.39, 0.29) is 5.91 Å². The van der Waals surface area contributed by atoms with Crippen molar-refractivity contribution in [2.75, 3.05) is 12.0 Å². The zero-order valence-corrected chi connectivity index (χ0v) is 14.5. The molecule has 2 aromatic carbocycles. The highest BCUT2D eigenvalue weighted by Crippen LogP contribution is 2.39. The fourth-order valence-corrected chi connectivity index (χ4v) is 3.73. The highest BCUT2D eigenvalue weighted by molar-refractivity contribution is 8.27. The predicted molar refractivity (Wildman–Crippen MR) is 100 cm³/mol. The molecule has 0 saturated carbocycles. The minimum absolute atomic E-state index is 0.181. The maximum absolute atomic E-state index is 12.7. The Balaban J connectivity index is 1.99. The molecule has 0 aromatic heterocycles. The number of methoxy groups -OCH3 is 1. The Hall–Kier alpha value is -1.82. The van der Waals surface area contributed by atoms with E-state index >= 15 is 0 Å². The number of halogens is 1. The Labute approximate surface area is 148 Å². The van der Waals surface area contributed by atoms with E-state index in [4.69, 9.17) is 28.6 Å². The highest BCUT2D eigenvalue weighted by Gasteiger charge is 2.34. The van der Waals surface area contributed by atoms with Crippen LogP contribution in [0.25, 0.3) is 6.08 Å². The number of anilines is 1. The number of amides is 1. The second-order valence-electron chi connectivity index (χ2n) is 4.71. The fourth-order valence-electron chi connectivity index (χ4n) is 2.24. The van der Waals surface area contributed by atoms with Gasteiger partial charge in [-0.3, -0.25) is 9.69 Å². The maximum atomic E-state index is 12.7. The average Bonchev–Trinajstić information content (AvgIpc) is 2.83. The summed E-state index contributed by atoms with van der Waals surface area (Å²) >= 11 is 12.8. The van der Waals surface area contributed by atoms with Crippen molar-refractivity contribution in [2.24, 2.45) is 0 Å². The molecule has 1 aliphatic heterocycles. The van der Waals surface area contributed by atoms with E-state index in [0.717, 1.165) is 5.56 Å². The number of thiocarbonyl (C=S) groups is 1. The van der Waals surface area contributed by atoms with E-state index in [9.17, 15) is 4.79 Å². The Bertz CT molecular complexity index is 820. The van der Waals surface area contributed by atoms with Gasteiger partial charge in [0.2, 0.25) is 0 Å². The second kappa shape index (κ2) is 6.74. The number of nitrogens with zero attached hydrogens (tertiary/aromatic N) is 1. The molecule has 0 radical (unpaired) electrons. The minimum Gasteiger partial charge on any atom is -0.496 e. The molecular formula is C17H12ClNO2S2. The summed E-state index contributed by atoms with van der Waals surface area (Å²) in [5.74, 6) is 0.523. The third-order valence-electron chi connectivity index (χ3n) is 3.31. The molecule has 0 unspecified atom stereocenters. The molecule has 3 nitrogen and oxygen atoms in total. The van der Waals surface area contributed by atoms with Gasteiger partial charge in [0.15, 0.2) is 4.32 Å². The van der Waals surface area contributed by atoms with Gasteiger partial charge in [0.1, 0.15) is 5.75 Å². The van der Waals surface area contributed by atoms with Gasteiger partial charge in [0.25, 0.3) is 5.91 Å². The van der Waals surface area contributed by atoms with Gasteiger partial charge >= 0.3 is 0 Å². The minimum atomic E-state index is -0.181. The lowest BCUT2D eigenvalue weighted by Crippen LogP contribution is -2.27. The van der Waals surface area contributed by atoms with E-state index in [1.54, 1.807) is 25.3 Å². The van der Waals surface area contributed by atoms with Crippen molar-refractivity contribution >= 4 is 57.6 Å². The molecule has 23 heavy (non-hydrogen) atoms. The van der Waals surface area contributed by atoms with Crippen LogP contribution in [0, 0.1) is 0 Å². The standard InChI is InChI=1S/C17H12ClNO2S2/c1-21-14-9-5-2-6-11(14)10-15-16(20)19(17(22)23-15)13-8-4-3-7-12(13)18/h2-10H,1H3/b15-10+. The maximum Gasteiger partial charge on any atom is 0.270 e. The number of para-hydroxylation sites is 2. The second-order valence-corrected chi connectivity index (χ2v) is 6.79. The summed E-state index contributed by atoms with van der Waals surface area (Å²) in [4.78, 5) is 14.7.